The Kier molecular flexibility index (Phi) is 3.85. The first kappa shape index (κ1) is 13.5. The van der Waals surface area contributed by atoms with Crippen molar-refractivity contribution < 1.29 is 0 Å². The summed E-state index contributed by atoms with van der Waals surface area (Å²) >= 11 is 0. The topological polar surface area (TPSA) is 60.0 Å². The van der Waals surface area contributed by atoms with Crippen LogP contribution in [0.15, 0.2) is 18.6 Å². The van der Waals surface area contributed by atoms with E-state index in [0.717, 1.165) is 41.4 Å². The van der Waals surface area contributed by atoms with E-state index in [2.05, 4.69) is 21.9 Å². The maximum absolute atomic E-state index is 6.04. The van der Waals surface area contributed by atoms with Crippen molar-refractivity contribution in [2.75, 3.05) is 12.8 Å². The van der Waals surface area contributed by atoms with E-state index in [-0.39, 0.29) is 0 Å². The molecule has 0 atom stereocenters. The molecule has 0 saturated heterocycles. The predicted octanol–water partition coefficient (Wildman–Crippen LogP) is 1.65. The molecule has 19 heavy (non-hydrogen) atoms. The number of hydrogen-bond acceptors (Lipinski definition) is 4. The molecule has 0 aromatic carbocycles. The molecule has 0 amide bonds. The van der Waals surface area contributed by atoms with Crippen LogP contribution in [0.1, 0.15) is 22.6 Å². The summed E-state index contributed by atoms with van der Waals surface area (Å²) < 4.78 is 2.03. The van der Waals surface area contributed by atoms with Gasteiger partial charge < -0.3 is 10.3 Å². The third-order valence-corrected chi connectivity index (χ3v) is 3.43. The van der Waals surface area contributed by atoms with Crippen molar-refractivity contribution in [2.24, 2.45) is 7.05 Å². The highest BCUT2D eigenvalue weighted by molar-refractivity contribution is 5.53. The molecule has 2 heterocycles. The molecule has 0 radical (unpaired) electrons. The molecule has 2 N–H and O–H groups in total. The van der Waals surface area contributed by atoms with Crippen LogP contribution in [0.25, 0.3) is 0 Å². The maximum Gasteiger partial charge on any atom is 0.122 e. The predicted molar refractivity (Wildman–Crippen MR) is 76.5 cm³/mol. The number of aryl methyl sites for hydroxylation is 2. The summed E-state index contributed by atoms with van der Waals surface area (Å²) in [7, 11) is 4.06. The second-order valence-corrected chi connectivity index (χ2v) is 5.05. The van der Waals surface area contributed by atoms with Crippen LogP contribution in [0, 0.1) is 13.8 Å². The summed E-state index contributed by atoms with van der Waals surface area (Å²) in [6.07, 6.45) is 5.61. The van der Waals surface area contributed by atoms with E-state index in [0.29, 0.717) is 0 Å². The number of imidazole rings is 1. The van der Waals surface area contributed by atoms with Gasteiger partial charge in [0.2, 0.25) is 0 Å². The van der Waals surface area contributed by atoms with Crippen LogP contribution in [-0.2, 0) is 20.1 Å². The third-order valence-electron chi connectivity index (χ3n) is 3.43. The molecule has 2 aromatic heterocycles. The second-order valence-electron chi connectivity index (χ2n) is 5.05. The van der Waals surface area contributed by atoms with Crippen molar-refractivity contribution in [3.05, 3.63) is 41.2 Å². The zero-order valence-electron chi connectivity index (χ0n) is 12.0. The van der Waals surface area contributed by atoms with Crippen molar-refractivity contribution in [3.63, 3.8) is 0 Å². The van der Waals surface area contributed by atoms with Crippen LogP contribution in [0.2, 0.25) is 0 Å². The van der Waals surface area contributed by atoms with Crippen LogP contribution >= 0.6 is 0 Å². The number of pyridine rings is 1. The van der Waals surface area contributed by atoms with Gasteiger partial charge in [0, 0.05) is 37.9 Å². The quantitative estimate of drug-likeness (QED) is 0.907. The lowest BCUT2D eigenvalue weighted by atomic mass is 10.1. The Morgan fingerprint density at radius 3 is 2.63 bits per heavy atom. The van der Waals surface area contributed by atoms with Crippen LogP contribution in [-0.4, -0.2) is 26.5 Å². The Bertz CT molecular complexity index is 573. The Labute approximate surface area is 114 Å². The van der Waals surface area contributed by atoms with Crippen molar-refractivity contribution >= 4 is 5.69 Å². The lowest BCUT2D eigenvalue weighted by Gasteiger charge is -2.18. The van der Waals surface area contributed by atoms with Gasteiger partial charge in [-0.2, -0.15) is 0 Å². The van der Waals surface area contributed by atoms with Crippen LogP contribution in [0.3, 0.4) is 0 Å². The molecule has 0 aliphatic rings. The van der Waals surface area contributed by atoms with Crippen molar-refractivity contribution in [3.8, 4) is 0 Å². The van der Waals surface area contributed by atoms with Gasteiger partial charge in [-0.1, -0.05) is 0 Å². The molecule has 2 rings (SSSR count). The van der Waals surface area contributed by atoms with Gasteiger partial charge >= 0.3 is 0 Å². The smallest absolute Gasteiger partial charge is 0.122 e. The fraction of sp³-hybridized carbons (Fsp3) is 0.429. The standard InChI is InChI=1S/C14H21N5/c1-10-7-17-12(11(2)14(10)15)8-18(3)9-13-16-5-6-19(13)4/h5-7H,8-9H2,1-4H3,(H2,15,17). The first-order chi connectivity index (χ1) is 8.99. The van der Waals surface area contributed by atoms with Crippen molar-refractivity contribution in [1.29, 1.82) is 0 Å². The van der Waals surface area contributed by atoms with Crippen LogP contribution < -0.4 is 5.73 Å². The Hall–Kier alpha value is -1.88. The molecule has 5 nitrogen and oxygen atoms in total. The van der Waals surface area contributed by atoms with Gasteiger partial charge in [-0.15, -0.1) is 0 Å². The minimum Gasteiger partial charge on any atom is -0.398 e. The number of anilines is 1. The first-order valence-corrected chi connectivity index (χ1v) is 6.34. The lowest BCUT2D eigenvalue weighted by molar-refractivity contribution is 0.303. The van der Waals surface area contributed by atoms with Gasteiger partial charge in [0.05, 0.1) is 12.2 Å². The fourth-order valence-electron chi connectivity index (χ4n) is 2.05. The number of rotatable bonds is 4. The average Bonchev–Trinajstić information content (AvgIpc) is 2.76. The van der Waals surface area contributed by atoms with Gasteiger partial charge in [0.15, 0.2) is 0 Å². The minimum atomic E-state index is 0.767. The van der Waals surface area contributed by atoms with Crippen LogP contribution in [0.4, 0.5) is 5.69 Å². The molecule has 0 aliphatic heterocycles. The lowest BCUT2D eigenvalue weighted by Crippen LogP contribution is -2.21. The largest absolute Gasteiger partial charge is 0.398 e. The van der Waals surface area contributed by atoms with Crippen LogP contribution in [0.5, 0.6) is 0 Å². The van der Waals surface area contributed by atoms with E-state index in [9.17, 15) is 0 Å². The maximum atomic E-state index is 6.04. The zero-order valence-corrected chi connectivity index (χ0v) is 12.0. The third kappa shape index (κ3) is 2.93. The van der Waals surface area contributed by atoms with Gasteiger partial charge in [0.1, 0.15) is 5.82 Å². The Morgan fingerprint density at radius 1 is 1.26 bits per heavy atom. The van der Waals surface area contributed by atoms with E-state index < -0.39 is 0 Å². The molecule has 102 valence electrons. The van der Waals surface area contributed by atoms with Gasteiger partial charge in [-0.25, -0.2) is 4.98 Å². The van der Waals surface area contributed by atoms with E-state index in [1.54, 1.807) is 0 Å². The number of hydrogen-bond donors (Lipinski definition) is 1. The van der Waals surface area contributed by atoms with E-state index in [1.807, 2.05) is 44.1 Å². The number of nitrogen functional groups attached to an aromatic ring is 1. The number of aromatic nitrogens is 3. The zero-order chi connectivity index (χ0) is 14.0. The van der Waals surface area contributed by atoms with Gasteiger partial charge in [0.25, 0.3) is 0 Å². The summed E-state index contributed by atoms with van der Waals surface area (Å²) in [5, 5.41) is 0. The molecule has 5 heteroatoms. The highest BCUT2D eigenvalue weighted by Crippen LogP contribution is 2.19. The normalized spacial score (nSPS) is 11.2. The molecule has 0 fully saturated rings. The molecule has 2 aromatic rings. The summed E-state index contributed by atoms with van der Waals surface area (Å²) in [4.78, 5) is 11.0. The molecule has 0 saturated carbocycles. The van der Waals surface area contributed by atoms with E-state index in [4.69, 9.17) is 5.73 Å². The second kappa shape index (κ2) is 5.40. The minimum absolute atomic E-state index is 0.767. The average molecular weight is 259 g/mol. The SMILES string of the molecule is Cc1cnc(CN(C)Cc2nccn2C)c(C)c1N. The molecular formula is C14H21N5. The van der Waals surface area contributed by atoms with Gasteiger partial charge in [-0.05, 0) is 32.0 Å². The van der Waals surface area contributed by atoms with Crippen molar-refractivity contribution in [2.45, 2.75) is 26.9 Å². The fourth-order valence-corrected chi connectivity index (χ4v) is 2.05. The van der Waals surface area contributed by atoms with E-state index in [1.165, 1.54) is 0 Å². The number of nitrogens with zero attached hydrogens (tertiary/aromatic N) is 4. The molecule has 0 spiro atoms. The molecule has 0 unspecified atom stereocenters. The summed E-state index contributed by atoms with van der Waals surface area (Å²) in [6, 6.07) is 0. The molecule has 0 aliphatic carbocycles. The molecule has 0 bridgehead atoms. The first-order valence-electron chi connectivity index (χ1n) is 6.34. The highest BCUT2D eigenvalue weighted by atomic mass is 15.2. The molecular weight excluding hydrogens is 238 g/mol. The van der Waals surface area contributed by atoms with Gasteiger partial charge in [-0.3, -0.25) is 9.88 Å². The number of nitrogens with two attached hydrogens (primary N) is 1. The summed E-state index contributed by atoms with van der Waals surface area (Å²) in [6.45, 7) is 5.57. The Balaban J connectivity index is 2.09. The Morgan fingerprint density at radius 2 is 2.00 bits per heavy atom. The van der Waals surface area contributed by atoms with Crippen molar-refractivity contribution in [1.82, 2.24) is 19.4 Å². The van der Waals surface area contributed by atoms with E-state index >= 15 is 0 Å². The summed E-state index contributed by atoms with van der Waals surface area (Å²) in [5.74, 6) is 1.04. The highest BCUT2D eigenvalue weighted by Gasteiger charge is 2.10. The monoisotopic (exact) mass is 259 g/mol. The summed E-state index contributed by atoms with van der Waals surface area (Å²) in [5.41, 5.74) is 10.0.